The first-order valence-electron chi connectivity index (χ1n) is 12.4. The van der Waals surface area contributed by atoms with Crippen LogP contribution in [0.15, 0.2) is 36.8 Å². The first-order chi connectivity index (χ1) is 17.4. The highest BCUT2D eigenvalue weighted by Gasteiger charge is 2.26. The van der Waals surface area contributed by atoms with Gasteiger partial charge in [-0.25, -0.2) is 4.98 Å². The van der Waals surface area contributed by atoms with Crippen molar-refractivity contribution in [1.82, 2.24) is 14.6 Å². The molecule has 3 aromatic heterocycles. The molecule has 12 heteroatoms. The van der Waals surface area contributed by atoms with E-state index in [1.54, 1.807) is 17.5 Å². The predicted octanol–water partition coefficient (Wildman–Crippen LogP) is 2.28. The number of hydrogen-bond acceptors (Lipinski definition) is 9. The molecule has 3 aromatic rings. The van der Waals surface area contributed by atoms with Crippen molar-refractivity contribution in [2.75, 3.05) is 42.3 Å². The quantitative estimate of drug-likeness (QED) is 0.166. The van der Waals surface area contributed by atoms with Crippen LogP contribution in [-0.2, 0) is 32.0 Å². The second kappa shape index (κ2) is 11.8. The number of nitrogens with zero attached hydrogens (tertiary/aromatic N) is 5. The number of ether oxygens (including phenoxy) is 1. The zero-order chi connectivity index (χ0) is 25.5. The van der Waals surface area contributed by atoms with Crippen molar-refractivity contribution in [2.45, 2.75) is 52.1 Å². The van der Waals surface area contributed by atoms with Gasteiger partial charge in [-0.3, -0.25) is 4.18 Å². The zero-order valence-corrected chi connectivity index (χ0v) is 21.6. The molecule has 0 aromatic carbocycles. The first-order valence-corrected chi connectivity index (χ1v) is 14.0. The molecule has 1 N–H and O–H groups in total. The van der Waals surface area contributed by atoms with Crippen molar-refractivity contribution in [2.24, 2.45) is 0 Å². The molecule has 1 saturated heterocycles. The summed E-state index contributed by atoms with van der Waals surface area (Å²) < 4.78 is 36.7. The number of anilines is 2. The van der Waals surface area contributed by atoms with Crippen LogP contribution in [0.5, 0.6) is 0 Å². The van der Waals surface area contributed by atoms with E-state index >= 15 is 0 Å². The maximum absolute atomic E-state index is 11.8. The molecule has 1 aliphatic heterocycles. The lowest BCUT2D eigenvalue weighted by atomic mass is 10.0. The summed E-state index contributed by atoms with van der Waals surface area (Å²) in [7, 11) is -3.55. The summed E-state index contributed by atoms with van der Waals surface area (Å²) in [6.07, 6.45) is 8.68. The highest BCUT2D eigenvalue weighted by atomic mass is 32.2. The monoisotopic (exact) mass is 518 g/mol. The fourth-order valence-electron chi connectivity index (χ4n) is 4.41. The van der Waals surface area contributed by atoms with Crippen LogP contribution in [0.1, 0.15) is 44.2 Å². The van der Waals surface area contributed by atoms with Crippen molar-refractivity contribution in [3.05, 3.63) is 53.1 Å². The smallest absolute Gasteiger partial charge is 0.269 e. The Bertz CT molecular complexity index is 1270. The largest absolute Gasteiger partial charge is 0.619 e. The summed E-state index contributed by atoms with van der Waals surface area (Å²) >= 11 is 0. The SMILES string of the molecule is CCOS(=O)(=O)CCOCC1CCCCN1c1cc(NCc2ccc[n+]([O-])c2)n2ncc(CC)c2n1. The van der Waals surface area contributed by atoms with Crippen molar-refractivity contribution < 1.29 is 22.1 Å². The molecule has 0 aliphatic carbocycles. The van der Waals surface area contributed by atoms with E-state index in [9.17, 15) is 13.6 Å². The molecule has 0 spiro atoms. The van der Waals surface area contributed by atoms with Gasteiger partial charge >= 0.3 is 0 Å². The van der Waals surface area contributed by atoms with Crippen molar-refractivity contribution in [3.8, 4) is 0 Å². The van der Waals surface area contributed by atoms with Crippen LogP contribution in [0.2, 0.25) is 0 Å². The van der Waals surface area contributed by atoms with Crippen LogP contribution in [0.3, 0.4) is 0 Å². The summed E-state index contributed by atoms with van der Waals surface area (Å²) in [6, 6.07) is 5.67. The lowest BCUT2D eigenvalue weighted by Crippen LogP contribution is -2.43. The number of pyridine rings is 1. The van der Waals surface area contributed by atoms with E-state index in [0.717, 1.165) is 65.4 Å². The minimum absolute atomic E-state index is 0.0814. The van der Waals surface area contributed by atoms with Gasteiger partial charge in [0.15, 0.2) is 18.0 Å². The molecule has 196 valence electrons. The highest BCUT2D eigenvalue weighted by Crippen LogP contribution is 2.28. The van der Waals surface area contributed by atoms with E-state index in [4.69, 9.17) is 13.9 Å². The van der Waals surface area contributed by atoms with Gasteiger partial charge in [-0.1, -0.05) is 6.92 Å². The lowest BCUT2D eigenvalue weighted by molar-refractivity contribution is -0.605. The molecule has 0 saturated carbocycles. The number of aryl methyl sites for hydroxylation is 1. The average Bonchev–Trinajstić information content (AvgIpc) is 3.29. The zero-order valence-electron chi connectivity index (χ0n) is 20.8. The van der Waals surface area contributed by atoms with Crippen LogP contribution < -0.4 is 14.9 Å². The molecular formula is C24H34N6O5S. The van der Waals surface area contributed by atoms with Crippen molar-refractivity contribution >= 4 is 27.4 Å². The van der Waals surface area contributed by atoms with Gasteiger partial charge in [-0.2, -0.15) is 22.8 Å². The van der Waals surface area contributed by atoms with Crippen LogP contribution in [0.4, 0.5) is 11.6 Å². The van der Waals surface area contributed by atoms with Crippen molar-refractivity contribution in [3.63, 3.8) is 0 Å². The van der Waals surface area contributed by atoms with Gasteiger partial charge < -0.3 is 20.2 Å². The minimum Gasteiger partial charge on any atom is -0.619 e. The summed E-state index contributed by atoms with van der Waals surface area (Å²) in [5, 5.41) is 19.6. The van der Waals surface area contributed by atoms with Crippen molar-refractivity contribution in [1.29, 1.82) is 0 Å². The number of aromatic nitrogens is 4. The molecule has 1 atom stereocenters. The van der Waals surface area contributed by atoms with Crippen LogP contribution in [0.25, 0.3) is 5.65 Å². The van der Waals surface area contributed by atoms with E-state index < -0.39 is 10.1 Å². The Balaban J connectivity index is 1.53. The van der Waals surface area contributed by atoms with Gasteiger partial charge in [0.1, 0.15) is 11.6 Å². The summed E-state index contributed by atoms with van der Waals surface area (Å²) in [4.78, 5) is 7.20. The Kier molecular flexibility index (Phi) is 8.60. The molecule has 0 radical (unpaired) electrons. The molecule has 1 fully saturated rings. The number of hydrogen-bond donors (Lipinski definition) is 1. The van der Waals surface area contributed by atoms with Crippen LogP contribution >= 0.6 is 0 Å². The minimum atomic E-state index is -3.55. The molecule has 36 heavy (non-hydrogen) atoms. The second-order valence-electron chi connectivity index (χ2n) is 8.77. The topological polar surface area (TPSA) is 125 Å². The summed E-state index contributed by atoms with van der Waals surface area (Å²) in [5.74, 6) is 1.44. The number of fused-ring (bicyclic) bond motifs is 1. The average molecular weight is 519 g/mol. The fraction of sp³-hybridized carbons (Fsp3) is 0.542. The van der Waals surface area contributed by atoms with Crippen LogP contribution in [-0.4, -0.2) is 61.2 Å². The molecule has 1 aliphatic rings. The van der Waals surface area contributed by atoms with Crippen LogP contribution in [0, 0.1) is 5.21 Å². The van der Waals surface area contributed by atoms with Gasteiger partial charge in [0.05, 0.1) is 37.8 Å². The van der Waals surface area contributed by atoms with E-state index in [0.29, 0.717) is 13.2 Å². The summed E-state index contributed by atoms with van der Waals surface area (Å²) in [6.45, 7) is 5.63. The Morgan fingerprint density at radius 2 is 2.17 bits per heavy atom. The third-order valence-electron chi connectivity index (χ3n) is 6.23. The van der Waals surface area contributed by atoms with Gasteiger partial charge in [0.2, 0.25) is 0 Å². The molecule has 11 nitrogen and oxygen atoms in total. The number of piperidine rings is 1. The molecular weight excluding hydrogens is 484 g/mol. The molecule has 0 bridgehead atoms. The van der Waals surface area contributed by atoms with Gasteiger partial charge in [0, 0.05) is 36.3 Å². The lowest BCUT2D eigenvalue weighted by Gasteiger charge is -2.36. The fourth-order valence-corrected chi connectivity index (χ4v) is 5.21. The second-order valence-corrected chi connectivity index (χ2v) is 10.5. The summed E-state index contributed by atoms with van der Waals surface area (Å²) in [5.41, 5.74) is 2.69. The molecule has 1 unspecified atom stereocenters. The highest BCUT2D eigenvalue weighted by molar-refractivity contribution is 7.86. The Morgan fingerprint density at radius 3 is 2.94 bits per heavy atom. The Labute approximate surface area is 211 Å². The number of rotatable bonds is 12. The Hall–Kier alpha value is -2.96. The van der Waals surface area contributed by atoms with Gasteiger partial charge in [-0.05, 0) is 38.7 Å². The van der Waals surface area contributed by atoms with Gasteiger partial charge in [0.25, 0.3) is 10.1 Å². The normalized spacial score (nSPS) is 16.5. The van der Waals surface area contributed by atoms with Gasteiger partial charge in [-0.15, -0.1) is 0 Å². The third-order valence-corrected chi connectivity index (χ3v) is 7.49. The van der Waals surface area contributed by atoms with E-state index in [-0.39, 0.29) is 25.0 Å². The first kappa shape index (κ1) is 26.1. The van der Waals surface area contributed by atoms with E-state index in [2.05, 4.69) is 22.2 Å². The van der Waals surface area contributed by atoms with E-state index in [1.807, 2.05) is 18.3 Å². The third kappa shape index (κ3) is 6.42. The Morgan fingerprint density at radius 1 is 1.31 bits per heavy atom. The molecule has 0 amide bonds. The maximum Gasteiger partial charge on any atom is 0.269 e. The standard InChI is InChI=1S/C24H34N6O5S/c1-3-20-16-26-30-22(25-15-19-8-7-10-28(31)17-19)14-23(27-24(20)30)29-11-6-5-9-21(29)18-34-12-13-36(32,33)35-4-2/h7-8,10,14,16-17,21,25H,3-6,9,11-13,15,18H2,1-2H3. The molecule has 4 rings (SSSR count). The molecule has 4 heterocycles. The predicted molar refractivity (Wildman–Crippen MR) is 136 cm³/mol. The van der Waals surface area contributed by atoms with E-state index in [1.165, 1.54) is 12.4 Å². The number of nitrogens with one attached hydrogen (secondary N) is 1. The maximum atomic E-state index is 11.8.